The summed E-state index contributed by atoms with van der Waals surface area (Å²) in [5.74, 6) is -1.80. The lowest BCUT2D eigenvalue weighted by molar-refractivity contribution is -0.255. The summed E-state index contributed by atoms with van der Waals surface area (Å²) in [7, 11) is 0. The largest absolute Gasteiger partial charge is 0.545 e. The number of carboxylic acid groups (broad SMARTS) is 1. The van der Waals surface area contributed by atoms with Crippen LogP contribution in [-0.2, 0) is 16.0 Å². The van der Waals surface area contributed by atoms with Gasteiger partial charge in [0, 0.05) is 18.7 Å². The fraction of sp³-hybridized carbons (Fsp3) is 0.154. The van der Waals surface area contributed by atoms with E-state index in [-0.39, 0.29) is 23.8 Å². The lowest BCUT2D eigenvalue weighted by atomic mass is 10.1. The number of aromatic carboxylic acids is 1. The van der Waals surface area contributed by atoms with Gasteiger partial charge in [-0.1, -0.05) is 72.4 Å². The van der Waals surface area contributed by atoms with E-state index in [0.717, 1.165) is 5.56 Å². The highest BCUT2D eigenvalue weighted by atomic mass is 32.2. The van der Waals surface area contributed by atoms with Crippen molar-refractivity contribution in [3.8, 4) is 0 Å². The summed E-state index contributed by atoms with van der Waals surface area (Å²) in [4.78, 5) is 43.2. The molecule has 8 heteroatoms. The number of nitrogens with zero attached hydrogens (tertiary/aromatic N) is 2. The second-order valence-electron chi connectivity index (χ2n) is 7.68. The van der Waals surface area contributed by atoms with Gasteiger partial charge in [0.05, 0.1) is 11.7 Å². The van der Waals surface area contributed by atoms with Crippen LogP contribution in [0.4, 0.5) is 11.4 Å². The van der Waals surface area contributed by atoms with Gasteiger partial charge >= 0.3 is 0 Å². The van der Waals surface area contributed by atoms with Crippen LogP contribution in [0.1, 0.15) is 22.3 Å². The molecular weight excluding hydrogens is 450 g/mol. The van der Waals surface area contributed by atoms with Crippen LogP contribution in [0.2, 0.25) is 0 Å². The third-order valence-electron chi connectivity index (χ3n) is 5.27. The highest BCUT2D eigenvalue weighted by Crippen LogP contribution is 2.30. The van der Waals surface area contributed by atoms with Gasteiger partial charge in [0.25, 0.3) is 0 Å². The average Bonchev–Trinajstić information content (AvgIpc) is 2.85. The molecule has 0 spiro atoms. The number of hydrogen-bond acceptors (Lipinski definition) is 6. The molecule has 0 bridgehead atoms. The van der Waals surface area contributed by atoms with Crippen molar-refractivity contribution in [3.63, 3.8) is 0 Å². The number of carbonyl (C=O) groups excluding carboxylic acids is 3. The predicted octanol–water partition coefficient (Wildman–Crippen LogP) is 3.25. The monoisotopic (exact) mass is 472 g/mol. The Bertz CT molecular complexity index is 1200. The zero-order valence-corrected chi connectivity index (χ0v) is 19.0. The first-order chi connectivity index (χ1) is 16.5. The van der Waals surface area contributed by atoms with E-state index >= 15 is 0 Å². The summed E-state index contributed by atoms with van der Waals surface area (Å²) in [6.45, 7) is 0.459. The van der Waals surface area contributed by atoms with Gasteiger partial charge in [-0.2, -0.15) is 0 Å². The minimum absolute atomic E-state index is 0.0200. The molecule has 1 aliphatic heterocycles. The molecule has 1 atom stereocenters. The van der Waals surface area contributed by atoms with Crippen molar-refractivity contribution in [3.05, 3.63) is 96.1 Å². The molecule has 1 fully saturated rings. The maximum absolute atomic E-state index is 13.1. The fourth-order valence-corrected chi connectivity index (χ4v) is 4.60. The Morgan fingerprint density at radius 2 is 1.62 bits per heavy atom. The van der Waals surface area contributed by atoms with Gasteiger partial charge in [-0.15, -0.1) is 0 Å². The Labute approximate surface area is 201 Å². The third kappa shape index (κ3) is 5.90. The van der Waals surface area contributed by atoms with Crippen LogP contribution in [-0.4, -0.2) is 39.6 Å². The van der Waals surface area contributed by atoms with Gasteiger partial charge < -0.3 is 15.2 Å². The second-order valence-corrected chi connectivity index (χ2v) is 8.85. The van der Waals surface area contributed by atoms with E-state index in [4.69, 9.17) is 0 Å². The molecular formula is C26H22N3O4S-. The Morgan fingerprint density at radius 3 is 2.26 bits per heavy atom. The molecule has 2 amide bonds. The SMILES string of the molecule is O=C([O-])c1ccc(NC(=O)[C@H]2CC(=O)N(CCc3ccccc3)C(=Nc3ccccc3)S2)cc1. The van der Waals surface area contributed by atoms with Crippen LogP contribution in [0.25, 0.3) is 0 Å². The molecule has 0 aliphatic carbocycles. The van der Waals surface area contributed by atoms with Gasteiger partial charge in [0.15, 0.2) is 5.17 Å². The lowest BCUT2D eigenvalue weighted by Crippen LogP contribution is -2.46. The Hall–Kier alpha value is -3.91. The summed E-state index contributed by atoms with van der Waals surface area (Å²) >= 11 is 1.25. The summed E-state index contributed by atoms with van der Waals surface area (Å²) in [6.07, 6.45) is 0.707. The number of hydrogen-bond donors (Lipinski definition) is 1. The van der Waals surface area contributed by atoms with Crippen molar-refractivity contribution in [1.29, 1.82) is 0 Å². The first kappa shape index (κ1) is 23.3. The van der Waals surface area contributed by atoms with Crippen LogP contribution in [0, 0.1) is 0 Å². The molecule has 7 nitrogen and oxygen atoms in total. The highest BCUT2D eigenvalue weighted by molar-refractivity contribution is 8.15. The Morgan fingerprint density at radius 1 is 0.971 bits per heavy atom. The van der Waals surface area contributed by atoms with Gasteiger partial charge in [0.1, 0.15) is 5.25 Å². The van der Waals surface area contributed by atoms with Gasteiger partial charge in [-0.05, 0) is 41.8 Å². The Kier molecular flexibility index (Phi) is 7.39. The maximum atomic E-state index is 13.1. The van der Waals surface area contributed by atoms with E-state index in [1.54, 1.807) is 4.90 Å². The molecule has 172 valence electrons. The van der Waals surface area contributed by atoms with Crippen LogP contribution in [0.5, 0.6) is 0 Å². The summed E-state index contributed by atoms with van der Waals surface area (Å²) in [5, 5.41) is 13.5. The normalized spacial score (nSPS) is 16.9. The second kappa shape index (κ2) is 10.8. The average molecular weight is 473 g/mol. The minimum atomic E-state index is -1.29. The zero-order valence-electron chi connectivity index (χ0n) is 18.2. The first-order valence-corrected chi connectivity index (χ1v) is 11.6. The molecule has 34 heavy (non-hydrogen) atoms. The summed E-state index contributed by atoms with van der Waals surface area (Å²) in [5.41, 5.74) is 2.27. The van der Waals surface area contributed by atoms with Crippen molar-refractivity contribution in [2.45, 2.75) is 18.1 Å². The van der Waals surface area contributed by atoms with Crippen molar-refractivity contribution in [2.24, 2.45) is 4.99 Å². The topological polar surface area (TPSA) is 102 Å². The molecule has 0 aromatic heterocycles. The number of aliphatic imine (C=N–C) groups is 1. The van der Waals surface area contributed by atoms with E-state index in [9.17, 15) is 19.5 Å². The number of benzene rings is 3. The first-order valence-electron chi connectivity index (χ1n) is 10.8. The number of anilines is 1. The van der Waals surface area contributed by atoms with E-state index < -0.39 is 11.2 Å². The standard InChI is InChI=1S/C26H23N3O4S/c30-23-17-22(24(31)27-21-13-11-19(12-14-21)25(32)33)34-26(28-20-9-5-2-6-10-20)29(23)16-15-18-7-3-1-4-8-18/h1-14,22H,15-17H2,(H,27,31)(H,32,33)/p-1/t22-/m1/s1. The molecule has 1 saturated heterocycles. The number of amidine groups is 1. The predicted molar refractivity (Wildman–Crippen MR) is 131 cm³/mol. The van der Waals surface area contributed by atoms with Crippen molar-refractivity contribution in [1.82, 2.24) is 4.90 Å². The number of amides is 2. The molecule has 1 heterocycles. The number of para-hydroxylation sites is 1. The molecule has 1 aliphatic rings. The quantitative estimate of drug-likeness (QED) is 0.569. The number of rotatable bonds is 7. The van der Waals surface area contributed by atoms with Crippen LogP contribution < -0.4 is 10.4 Å². The number of thioether (sulfide) groups is 1. The van der Waals surface area contributed by atoms with Crippen molar-refractivity contribution in [2.75, 3.05) is 11.9 Å². The highest BCUT2D eigenvalue weighted by Gasteiger charge is 2.35. The van der Waals surface area contributed by atoms with E-state index in [1.807, 2.05) is 60.7 Å². The molecule has 4 rings (SSSR count). The van der Waals surface area contributed by atoms with Crippen LogP contribution in [0.15, 0.2) is 89.9 Å². The number of nitrogens with one attached hydrogen (secondary N) is 1. The summed E-state index contributed by atoms with van der Waals surface area (Å²) in [6, 6.07) is 24.9. The van der Waals surface area contributed by atoms with Gasteiger partial charge in [0.2, 0.25) is 11.8 Å². The van der Waals surface area contributed by atoms with Gasteiger partial charge in [-0.3, -0.25) is 14.5 Å². The number of carboxylic acids is 1. The minimum Gasteiger partial charge on any atom is -0.545 e. The smallest absolute Gasteiger partial charge is 0.238 e. The fourth-order valence-electron chi connectivity index (χ4n) is 3.47. The van der Waals surface area contributed by atoms with Crippen LogP contribution in [0.3, 0.4) is 0 Å². The Balaban J connectivity index is 1.51. The van der Waals surface area contributed by atoms with E-state index in [1.165, 1.54) is 36.0 Å². The molecule has 0 unspecified atom stereocenters. The van der Waals surface area contributed by atoms with Crippen LogP contribution >= 0.6 is 11.8 Å². The zero-order chi connectivity index (χ0) is 23.9. The van der Waals surface area contributed by atoms with E-state index in [2.05, 4.69) is 10.3 Å². The molecule has 3 aromatic rings. The molecule has 1 N–H and O–H groups in total. The lowest BCUT2D eigenvalue weighted by Gasteiger charge is -2.32. The molecule has 0 radical (unpaired) electrons. The molecule has 3 aromatic carbocycles. The van der Waals surface area contributed by atoms with Crippen molar-refractivity contribution >= 4 is 46.1 Å². The van der Waals surface area contributed by atoms with E-state index in [0.29, 0.717) is 29.5 Å². The molecule has 0 saturated carbocycles. The van der Waals surface area contributed by atoms with Crippen molar-refractivity contribution < 1.29 is 19.5 Å². The summed E-state index contributed by atoms with van der Waals surface area (Å²) < 4.78 is 0. The maximum Gasteiger partial charge on any atom is 0.238 e. The number of carbonyl (C=O) groups is 3. The van der Waals surface area contributed by atoms with Gasteiger partial charge in [-0.25, -0.2) is 4.99 Å². The third-order valence-corrected chi connectivity index (χ3v) is 6.46.